The lowest BCUT2D eigenvalue weighted by molar-refractivity contribution is -0.123. The molecule has 1 rings (SSSR count). The molecule has 0 radical (unpaired) electrons. The second kappa shape index (κ2) is 6.83. The molecule has 0 aromatic rings. The molecular formula is C11H22N2O3. The van der Waals surface area contributed by atoms with Gasteiger partial charge in [0.25, 0.3) is 0 Å². The molecule has 0 heterocycles. The number of aliphatic hydroxyl groups is 1. The van der Waals surface area contributed by atoms with Crippen LogP contribution in [0, 0.1) is 5.92 Å². The first-order chi connectivity index (χ1) is 7.63. The van der Waals surface area contributed by atoms with Crippen LogP contribution in [0.15, 0.2) is 0 Å². The normalized spacial score (nSPS) is 25.9. The molecule has 94 valence electrons. The van der Waals surface area contributed by atoms with E-state index in [4.69, 9.17) is 9.84 Å². The number of carbonyl (C=O) groups excluding carboxylic acids is 1. The molecule has 0 aliphatic heterocycles. The summed E-state index contributed by atoms with van der Waals surface area (Å²) in [6.45, 7) is 3.73. The molecule has 1 amide bonds. The van der Waals surface area contributed by atoms with E-state index >= 15 is 0 Å². The van der Waals surface area contributed by atoms with Crippen LogP contribution in [0.5, 0.6) is 0 Å². The summed E-state index contributed by atoms with van der Waals surface area (Å²) in [6, 6.07) is -0.186. The van der Waals surface area contributed by atoms with E-state index < -0.39 is 0 Å². The van der Waals surface area contributed by atoms with E-state index in [-0.39, 0.29) is 18.1 Å². The Morgan fingerprint density at radius 1 is 1.56 bits per heavy atom. The van der Waals surface area contributed by atoms with E-state index in [9.17, 15) is 4.79 Å². The number of aliphatic hydroxyl groups excluding tert-OH is 1. The zero-order valence-electron chi connectivity index (χ0n) is 10.0. The first-order valence-corrected chi connectivity index (χ1v) is 5.81. The molecule has 1 saturated carbocycles. The van der Waals surface area contributed by atoms with Crippen LogP contribution in [0.2, 0.25) is 0 Å². The smallest absolute Gasteiger partial charge is 0.236 e. The standard InChI is InChI=1S/C11H22N2O3/c1-8(11(15)12-3-4-16-2)13-7-9-5-10(14)6-9/h8-10,13-14H,3-7H2,1-2H3,(H,12,15). The van der Waals surface area contributed by atoms with Gasteiger partial charge in [-0.15, -0.1) is 0 Å². The highest BCUT2D eigenvalue weighted by Crippen LogP contribution is 2.26. The van der Waals surface area contributed by atoms with E-state index in [1.165, 1.54) is 0 Å². The lowest BCUT2D eigenvalue weighted by Gasteiger charge is -2.32. The number of amides is 1. The average molecular weight is 230 g/mol. The van der Waals surface area contributed by atoms with Gasteiger partial charge in [0, 0.05) is 13.7 Å². The molecule has 1 atom stereocenters. The molecule has 0 bridgehead atoms. The molecule has 5 heteroatoms. The molecule has 0 aromatic heterocycles. The van der Waals surface area contributed by atoms with Gasteiger partial charge in [0.1, 0.15) is 0 Å². The SMILES string of the molecule is COCCNC(=O)C(C)NCC1CC(O)C1. The Kier molecular flexibility index (Phi) is 5.73. The minimum absolute atomic E-state index is 0.00285. The fourth-order valence-electron chi connectivity index (χ4n) is 1.73. The lowest BCUT2D eigenvalue weighted by Crippen LogP contribution is -2.46. The maximum absolute atomic E-state index is 11.5. The summed E-state index contributed by atoms with van der Waals surface area (Å²) < 4.78 is 4.85. The van der Waals surface area contributed by atoms with E-state index in [2.05, 4.69) is 10.6 Å². The largest absolute Gasteiger partial charge is 0.393 e. The van der Waals surface area contributed by atoms with Gasteiger partial charge in [-0.05, 0) is 32.2 Å². The van der Waals surface area contributed by atoms with Gasteiger partial charge in [-0.2, -0.15) is 0 Å². The van der Waals surface area contributed by atoms with Gasteiger partial charge >= 0.3 is 0 Å². The van der Waals surface area contributed by atoms with Crippen molar-refractivity contribution in [3.63, 3.8) is 0 Å². The Morgan fingerprint density at radius 3 is 2.81 bits per heavy atom. The average Bonchev–Trinajstić information content (AvgIpc) is 2.22. The van der Waals surface area contributed by atoms with Crippen LogP contribution in [-0.4, -0.2) is 50.0 Å². The molecule has 1 fully saturated rings. The Bertz CT molecular complexity index is 217. The molecule has 1 unspecified atom stereocenters. The fourth-order valence-corrected chi connectivity index (χ4v) is 1.73. The van der Waals surface area contributed by atoms with Gasteiger partial charge in [0.05, 0.1) is 18.8 Å². The van der Waals surface area contributed by atoms with Crippen LogP contribution < -0.4 is 10.6 Å². The molecular weight excluding hydrogens is 208 g/mol. The summed E-state index contributed by atoms with van der Waals surface area (Å²) >= 11 is 0. The summed E-state index contributed by atoms with van der Waals surface area (Å²) in [5.74, 6) is 0.515. The number of carbonyl (C=O) groups is 1. The number of nitrogens with one attached hydrogen (secondary N) is 2. The maximum atomic E-state index is 11.5. The second-order valence-corrected chi connectivity index (χ2v) is 4.41. The minimum atomic E-state index is -0.186. The molecule has 3 N–H and O–H groups in total. The highest BCUT2D eigenvalue weighted by Gasteiger charge is 2.27. The lowest BCUT2D eigenvalue weighted by atomic mass is 9.82. The topological polar surface area (TPSA) is 70.6 Å². The number of ether oxygens (including phenoxy) is 1. The third-order valence-electron chi connectivity index (χ3n) is 2.92. The summed E-state index contributed by atoms with van der Waals surface area (Å²) in [6.07, 6.45) is 1.58. The highest BCUT2D eigenvalue weighted by molar-refractivity contribution is 5.81. The molecule has 5 nitrogen and oxygen atoms in total. The van der Waals surface area contributed by atoms with Gasteiger partial charge in [-0.3, -0.25) is 4.79 Å². The second-order valence-electron chi connectivity index (χ2n) is 4.41. The highest BCUT2D eigenvalue weighted by atomic mass is 16.5. The van der Waals surface area contributed by atoms with Crippen molar-refractivity contribution in [3.8, 4) is 0 Å². The van der Waals surface area contributed by atoms with E-state index in [0.717, 1.165) is 19.4 Å². The maximum Gasteiger partial charge on any atom is 0.236 e. The Labute approximate surface area is 96.6 Å². The quantitative estimate of drug-likeness (QED) is 0.516. The van der Waals surface area contributed by atoms with Crippen LogP contribution >= 0.6 is 0 Å². The van der Waals surface area contributed by atoms with Crippen molar-refractivity contribution in [1.29, 1.82) is 0 Å². The Balaban J connectivity index is 2.04. The first kappa shape index (κ1) is 13.4. The third-order valence-corrected chi connectivity index (χ3v) is 2.92. The number of methoxy groups -OCH3 is 1. The van der Waals surface area contributed by atoms with Crippen molar-refractivity contribution >= 4 is 5.91 Å². The van der Waals surface area contributed by atoms with E-state index in [1.807, 2.05) is 6.92 Å². The van der Waals surface area contributed by atoms with Gasteiger partial charge in [-0.1, -0.05) is 0 Å². The van der Waals surface area contributed by atoms with Crippen molar-refractivity contribution in [2.24, 2.45) is 5.92 Å². The van der Waals surface area contributed by atoms with Crippen LogP contribution in [-0.2, 0) is 9.53 Å². The van der Waals surface area contributed by atoms with Crippen molar-refractivity contribution in [2.45, 2.75) is 31.9 Å². The zero-order chi connectivity index (χ0) is 12.0. The third kappa shape index (κ3) is 4.47. The zero-order valence-corrected chi connectivity index (χ0v) is 10.0. The van der Waals surface area contributed by atoms with Crippen LogP contribution in [0.3, 0.4) is 0 Å². The predicted molar refractivity (Wildman–Crippen MR) is 61.1 cm³/mol. The number of rotatable bonds is 7. The molecule has 1 aliphatic rings. The van der Waals surface area contributed by atoms with Gasteiger partial charge in [0.2, 0.25) is 5.91 Å². The van der Waals surface area contributed by atoms with Gasteiger partial charge in [0.15, 0.2) is 0 Å². The molecule has 0 spiro atoms. The number of hydrogen-bond acceptors (Lipinski definition) is 4. The van der Waals surface area contributed by atoms with Crippen LogP contribution in [0.4, 0.5) is 0 Å². The molecule has 0 aromatic carbocycles. The Hall–Kier alpha value is -0.650. The Morgan fingerprint density at radius 2 is 2.25 bits per heavy atom. The van der Waals surface area contributed by atoms with Crippen LogP contribution in [0.1, 0.15) is 19.8 Å². The molecule has 1 aliphatic carbocycles. The summed E-state index contributed by atoms with van der Waals surface area (Å²) in [5, 5.41) is 15.1. The summed E-state index contributed by atoms with van der Waals surface area (Å²) in [7, 11) is 1.61. The first-order valence-electron chi connectivity index (χ1n) is 5.81. The van der Waals surface area contributed by atoms with E-state index in [0.29, 0.717) is 19.1 Å². The minimum Gasteiger partial charge on any atom is -0.393 e. The molecule has 0 saturated heterocycles. The van der Waals surface area contributed by atoms with Gasteiger partial charge in [-0.25, -0.2) is 0 Å². The predicted octanol–water partition coefficient (Wildman–Crippen LogP) is -0.502. The monoisotopic (exact) mass is 230 g/mol. The van der Waals surface area contributed by atoms with Gasteiger partial charge < -0.3 is 20.5 Å². The van der Waals surface area contributed by atoms with Crippen molar-refractivity contribution < 1.29 is 14.6 Å². The summed E-state index contributed by atoms with van der Waals surface area (Å²) in [4.78, 5) is 11.5. The fraction of sp³-hybridized carbons (Fsp3) is 0.909. The van der Waals surface area contributed by atoms with Crippen molar-refractivity contribution in [2.75, 3.05) is 26.8 Å². The van der Waals surface area contributed by atoms with E-state index in [1.54, 1.807) is 7.11 Å². The molecule has 16 heavy (non-hydrogen) atoms. The van der Waals surface area contributed by atoms with Crippen molar-refractivity contribution in [1.82, 2.24) is 10.6 Å². The van der Waals surface area contributed by atoms with Crippen molar-refractivity contribution in [3.05, 3.63) is 0 Å². The number of hydrogen-bond donors (Lipinski definition) is 3. The summed E-state index contributed by atoms with van der Waals surface area (Å²) in [5.41, 5.74) is 0. The van der Waals surface area contributed by atoms with Crippen LogP contribution in [0.25, 0.3) is 0 Å².